The van der Waals surface area contributed by atoms with Crippen LogP contribution in [0.2, 0.25) is 0 Å². The van der Waals surface area contributed by atoms with Crippen LogP contribution < -0.4 is 0 Å². The highest BCUT2D eigenvalue weighted by Crippen LogP contribution is 2.19. The first-order chi connectivity index (χ1) is 16.5. The van der Waals surface area contributed by atoms with E-state index >= 15 is 0 Å². The first-order valence-electron chi connectivity index (χ1n) is 11.5. The van der Waals surface area contributed by atoms with E-state index in [-0.39, 0.29) is 24.5 Å². The third kappa shape index (κ3) is 6.58. The smallest absolute Gasteiger partial charge is 0.254 e. The number of halogens is 1. The van der Waals surface area contributed by atoms with Crippen LogP contribution in [0.3, 0.4) is 0 Å². The van der Waals surface area contributed by atoms with Gasteiger partial charge in [0, 0.05) is 29.7 Å². The molecule has 1 saturated heterocycles. The van der Waals surface area contributed by atoms with Crippen LogP contribution >= 0.6 is 15.9 Å². The Kier molecular flexibility index (Phi) is 8.19. The third-order valence-corrected chi connectivity index (χ3v) is 6.34. The average Bonchev–Trinajstić information content (AvgIpc) is 3.50. The van der Waals surface area contributed by atoms with Gasteiger partial charge in [0.05, 0.1) is 12.6 Å². The Morgan fingerprint density at radius 1 is 1.00 bits per heavy atom. The summed E-state index contributed by atoms with van der Waals surface area (Å²) >= 11 is 3.44. The van der Waals surface area contributed by atoms with E-state index < -0.39 is 0 Å². The summed E-state index contributed by atoms with van der Waals surface area (Å²) in [5.41, 5.74) is 1.56. The molecule has 1 unspecified atom stereocenters. The molecule has 34 heavy (non-hydrogen) atoms. The second-order valence-electron chi connectivity index (χ2n) is 8.58. The summed E-state index contributed by atoms with van der Waals surface area (Å²) in [4.78, 5) is 30.4. The predicted octanol–water partition coefficient (Wildman–Crippen LogP) is 5.20. The molecule has 1 atom stereocenters. The number of benzene rings is 2. The van der Waals surface area contributed by atoms with Gasteiger partial charge < -0.3 is 19.0 Å². The van der Waals surface area contributed by atoms with E-state index in [1.165, 1.54) is 0 Å². The molecule has 178 valence electrons. The van der Waals surface area contributed by atoms with Gasteiger partial charge in [-0.2, -0.15) is 0 Å². The fourth-order valence-corrected chi connectivity index (χ4v) is 4.51. The number of furan rings is 1. The van der Waals surface area contributed by atoms with Crippen molar-refractivity contribution in [3.63, 3.8) is 0 Å². The Balaban J connectivity index is 1.55. The third-order valence-electron chi connectivity index (χ3n) is 5.84. The van der Waals surface area contributed by atoms with Crippen molar-refractivity contribution in [3.05, 3.63) is 93.9 Å². The molecule has 2 amide bonds. The molecule has 0 saturated carbocycles. The minimum atomic E-state index is -0.182. The minimum Gasteiger partial charge on any atom is -0.464 e. The maximum Gasteiger partial charge on any atom is 0.254 e. The molecule has 1 aromatic heterocycles. The molecule has 7 heteroatoms. The summed E-state index contributed by atoms with van der Waals surface area (Å²) in [7, 11) is 0. The van der Waals surface area contributed by atoms with Gasteiger partial charge in [-0.3, -0.25) is 9.59 Å². The fourth-order valence-electron chi connectivity index (χ4n) is 4.12. The van der Waals surface area contributed by atoms with E-state index in [0.717, 1.165) is 28.6 Å². The molecule has 4 rings (SSSR count). The molecule has 3 aromatic rings. The number of carbonyl (C=O) groups is 2. The number of nitrogens with zero attached hydrogens (tertiary/aromatic N) is 2. The van der Waals surface area contributed by atoms with Gasteiger partial charge in [-0.25, -0.2) is 0 Å². The van der Waals surface area contributed by atoms with E-state index in [1.807, 2.05) is 61.5 Å². The monoisotopic (exact) mass is 524 g/mol. The lowest BCUT2D eigenvalue weighted by atomic mass is 10.1. The molecule has 0 bridgehead atoms. The zero-order valence-electron chi connectivity index (χ0n) is 19.3. The highest BCUT2D eigenvalue weighted by molar-refractivity contribution is 9.10. The molecule has 0 radical (unpaired) electrons. The number of carbonyl (C=O) groups excluding carboxylic acids is 2. The van der Waals surface area contributed by atoms with E-state index in [1.54, 1.807) is 21.9 Å². The van der Waals surface area contributed by atoms with Gasteiger partial charge in [0.25, 0.3) is 5.91 Å². The van der Waals surface area contributed by atoms with E-state index in [9.17, 15) is 9.59 Å². The molecule has 2 heterocycles. The molecule has 1 aliphatic rings. The molecule has 6 nitrogen and oxygen atoms in total. The van der Waals surface area contributed by atoms with Gasteiger partial charge in [0.1, 0.15) is 18.1 Å². The predicted molar refractivity (Wildman–Crippen MR) is 133 cm³/mol. The molecule has 0 N–H and O–H groups in total. The Labute approximate surface area is 208 Å². The number of hydrogen-bond donors (Lipinski definition) is 0. The van der Waals surface area contributed by atoms with Gasteiger partial charge >= 0.3 is 0 Å². The highest BCUT2D eigenvalue weighted by atomic mass is 79.9. The number of rotatable bonds is 9. The standard InChI is InChI=1S/C27H29BrN2O4/c1-20-12-13-25(34-20)18-29(16-21-7-3-2-4-8-21)26(31)19-30(17-24-11-6-14-33-24)27(32)22-9-5-10-23(28)15-22/h2-5,7-10,12-13,15,24H,6,11,14,16-19H2,1H3. The Hall–Kier alpha value is -2.90. The second-order valence-corrected chi connectivity index (χ2v) is 9.49. The van der Waals surface area contributed by atoms with Crippen LogP contribution in [0.25, 0.3) is 0 Å². The van der Waals surface area contributed by atoms with Crippen LogP contribution in [0.15, 0.2) is 75.6 Å². The van der Waals surface area contributed by atoms with Crippen molar-refractivity contribution < 1.29 is 18.7 Å². The van der Waals surface area contributed by atoms with Gasteiger partial charge in [-0.05, 0) is 55.7 Å². The van der Waals surface area contributed by atoms with Crippen LogP contribution in [0, 0.1) is 6.92 Å². The van der Waals surface area contributed by atoms with Crippen molar-refractivity contribution in [1.29, 1.82) is 0 Å². The summed E-state index contributed by atoms with van der Waals surface area (Å²) in [5.74, 6) is 1.19. The van der Waals surface area contributed by atoms with Crippen molar-refractivity contribution in [2.24, 2.45) is 0 Å². The fraction of sp³-hybridized carbons (Fsp3) is 0.333. The zero-order valence-corrected chi connectivity index (χ0v) is 20.9. The van der Waals surface area contributed by atoms with Gasteiger partial charge in [0.15, 0.2) is 0 Å². The van der Waals surface area contributed by atoms with Crippen LogP contribution in [0.4, 0.5) is 0 Å². The molecule has 2 aromatic carbocycles. The van der Waals surface area contributed by atoms with Gasteiger partial charge in [0.2, 0.25) is 5.91 Å². The summed E-state index contributed by atoms with van der Waals surface area (Å²) in [6.07, 6.45) is 1.80. The first-order valence-corrected chi connectivity index (χ1v) is 12.3. The SMILES string of the molecule is Cc1ccc(CN(Cc2ccccc2)C(=O)CN(CC2CCCO2)C(=O)c2cccc(Br)c2)o1. The van der Waals surface area contributed by atoms with Crippen molar-refractivity contribution in [2.75, 3.05) is 19.7 Å². The molecule has 1 fully saturated rings. The maximum atomic E-state index is 13.6. The van der Waals surface area contributed by atoms with Crippen LogP contribution in [0.5, 0.6) is 0 Å². The minimum absolute atomic E-state index is 0.0300. The molecular formula is C27H29BrN2O4. The normalized spacial score (nSPS) is 15.3. The molecular weight excluding hydrogens is 496 g/mol. The summed E-state index contributed by atoms with van der Waals surface area (Å²) < 4.78 is 12.4. The van der Waals surface area contributed by atoms with E-state index in [0.29, 0.717) is 37.6 Å². The Morgan fingerprint density at radius 2 is 1.82 bits per heavy atom. The Morgan fingerprint density at radius 3 is 2.50 bits per heavy atom. The topological polar surface area (TPSA) is 63.0 Å². The quantitative estimate of drug-likeness (QED) is 0.385. The number of aryl methyl sites for hydroxylation is 1. The van der Waals surface area contributed by atoms with E-state index in [4.69, 9.17) is 9.15 Å². The molecule has 0 aliphatic carbocycles. The van der Waals surface area contributed by atoms with Crippen molar-refractivity contribution in [3.8, 4) is 0 Å². The van der Waals surface area contributed by atoms with E-state index in [2.05, 4.69) is 15.9 Å². The van der Waals surface area contributed by atoms with Gasteiger partial charge in [-0.1, -0.05) is 52.3 Å². The number of amides is 2. The average molecular weight is 525 g/mol. The molecule has 1 aliphatic heterocycles. The summed E-state index contributed by atoms with van der Waals surface area (Å²) in [6, 6.07) is 20.9. The Bertz CT molecular complexity index is 1110. The van der Waals surface area contributed by atoms with Crippen molar-refractivity contribution >= 4 is 27.7 Å². The number of hydrogen-bond acceptors (Lipinski definition) is 4. The lowest BCUT2D eigenvalue weighted by Gasteiger charge is -2.29. The lowest BCUT2D eigenvalue weighted by molar-refractivity contribution is -0.133. The number of ether oxygens (including phenoxy) is 1. The van der Waals surface area contributed by atoms with Crippen LogP contribution in [-0.4, -0.2) is 47.4 Å². The van der Waals surface area contributed by atoms with Crippen LogP contribution in [0.1, 0.15) is 40.3 Å². The highest BCUT2D eigenvalue weighted by Gasteiger charge is 2.27. The second kappa shape index (κ2) is 11.5. The van der Waals surface area contributed by atoms with Crippen molar-refractivity contribution in [1.82, 2.24) is 9.80 Å². The summed E-state index contributed by atoms with van der Waals surface area (Å²) in [6.45, 7) is 3.69. The van der Waals surface area contributed by atoms with Crippen LogP contribution in [-0.2, 0) is 22.6 Å². The van der Waals surface area contributed by atoms with Crippen molar-refractivity contribution in [2.45, 2.75) is 39.0 Å². The maximum absolute atomic E-state index is 13.6. The summed E-state index contributed by atoms with van der Waals surface area (Å²) in [5, 5.41) is 0. The van der Waals surface area contributed by atoms with Gasteiger partial charge in [-0.15, -0.1) is 0 Å². The zero-order chi connectivity index (χ0) is 23.9. The largest absolute Gasteiger partial charge is 0.464 e. The first kappa shape index (κ1) is 24.2. The lowest BCUT2D eigenvalue weighted by Crippen LogP contribution is -2.45. The molecule has 0 spiro atoms.